The molecule has 0 fully saturated rings. The average Bonchev–Trinajstić information content (AvgIpc) is 2.59. The number of nitrogens with one attached hydrogen (secondary N) is 1. The number of benzene rings is 2. The normalized spacial score (nSPS) is 13.4. The summed E-state index contributed by atoms with van der Waals surface area (Å²) in [5, 5.41) is 3.24. The van der Waals surface area contributed by atoms with Crippen LogP contribution in [0.5, 0.6) is 0 Å². The minimum absolute atomic E-state index is 0.341. The Bertz CT molecular complexity index is 571. The minimum Gasteiger partial charge on any atom is -0.468 e. The van der Waals surface area contributed by atoms with E-state index in [0.29, 0.717) is 6.54 Å². The first-order chi connectivity index (χ1) is 10.8. The van der Waals surface area contributed by atoms with Gasteiger partial charge in [0.25, 0.3) is 0 Å². The first-order valence-corrected chi connectivity index (χ1v) is 7.19. The molecule has 0 saturated heterocycles. The van der Waals surface area contributed by atoms with Crippen LogP contribution in [0, 0.1) is 0 Å². The molecule has 2 aromatic rings. The van der Waals surface area contributed by atoms with Crippen LogP contribution in [0.3, 0.4) is 0 Å². The topological polar surface area (TPSA) is 47.6 Å². The van der Waals surface area contributed by atoms with Crippen molar-refractivity contribution < 1.29 is 14.3 Å². The van der Waals surface area contributed by atoms with E-state index < -0.39 is 12.1 Å². The molecule has 22 heavy (non-hydrogen) atoms. The molecule has 0 heterocycles. The lowest BCUT2D eigenvalue weighted by molar-refractivity contribution is -0.147. The molecule has 2 unspecified atom stereocenters. The van der Waals surface area contributed by atoms with Crippen molar-refractivity contribution in [1.82, 2.24) is 5.32 Å². The molecular formula is C18H21NO3. The third kappa shape index (κ3) is 4.16. The fraction of sp³-hybridized carbons (Fsp3) is 0.278. The smallest absolute Gasteiger partial charge is 0.325 e. The maximum Gasteiger partial charge on any atom is 0.325 e. The van der Waals surface area contributed by atoms with Gasteiger partial charge >= 0.3 is 5.97 Å². The zero-order chi connectivity index (χ0) is 15.8. The van der Waals surface area contributed by atoms with Crippen LogP contribution in [0.4, 0.5) is 0 Å². The van der Waals surface area contributed by atoms with E-state index in [0.717, 1.165) is 11.1 Å². The second kappa shape index (κ2) is 8.32. The van der Waals surface area contributed by atoms with Crippen molar-refractivity contribution in [3.05, 3.63) is 71.8 Å². The highest BCUT2D eigenvalue weighted by Gasteiger charge is 2.30. The van der Waals surface area contributed by atoms with E-state index in [1.165, 1.54) is 7.11 Å². The second-order valence-electron chi connectivity index (χ2n) is 4.93. The van der Waals surface area contributed by atoms with E-state index in [9.17, 15) is 4.79 Å². The van der Waals surface area contributed by atoms with Crippen molar-refractivity contribution >= 4 is 5.97 Å². The summed E-state index contributed by atoms with van der Waals surface area (Å²) < 4.78 is 10.5. The number of methoxy groups -OCH3 is 2. The Morgan fingerprint density at radius 2 is 1.59 bits per heavy atom. The van der Waals surface area contributed by atoms with Gasteiger partial charge in [0.2, 0.25) is 0 Å². The van der Waals surface area contributed by atoms with Crippen LogP contribution in [0.15, 0.2) is 60.7 Å². The van der Waals surface area contributed by atoms with E-state index in [1.807, 2.05) is 60.7 Å². The Kier molecular flexibility index (Phi) is 6.13. The molecule has 2 atom stereocenters. The Hall–Kier alpha value is -2.17. The summed E-state index contributed by atoms with van der Waals surface area (Å²) in [6.45, 7) is 0.563. The number of hydrogen-bond donors (Lipinski definition) is 1. The Morgan fingerprint density at radius 1 is 1.00 bits per heavy atom. The number of hydrogen-bond acceptors (Lipinski definition) is 4. The molecule has 0 aliphatic carbocycles. The number of ether oxygens (including phenoxy) is 2. The zero-order valence-corrected chi connectivity index (χ0v) is 12.9. The molecule has 4 heteroatoms. The molecule has 0 radical (unpaired) electrons. The van der Waals surface area contributed by atoms with Crippen LogP contribution in [0.25, 0.3) is 0 Å². The van der Waals surface area contributed by atoms with E-state index >= 15 is 0 Å². The van der Waals surface area contributed by atoms with Gasteiger partial charge in [0, 0.05) is 13.7 Å². The first kappa shape index (κ1) is 16.2. The number of esters is 1. The molecule has 0 aromatic heterocycles. The lowest BCUT2D eigenvalue weighted by atomic mass is 10.0. The van der Waals surface area contributed by atoms with Crippen molar-refractivity contribution in [3.8, 4) is 0 Å². The highest BCUT2D eigenvalue weighted by Crippen LogP contribution is 2.21. The number of carbonyl (C=O) groups is 1. The fourth-order valence-corrected chi connectivity index (χ4v) is 2.37. The van der Waals surface area contributed by atoms with Crippen molar-refractivity contribution in [1.29, 1.82) is 0 Å². The highest BCUT2D eigenvalue weighted by atomic mass is 16.5. The molecule has 0 spiro atoms. The van der Waals surface area contributed by atoms with Gasteiger partial charge < -0.3 is 9.47 Å². The van der Waals surface area contributed by atoms with Crippen molar-refractivity contribution in [2.75, 3.05) is 14.2 Å². The maximum atomic E-state index is 12.1. The molecule has 4 nitrogen and oxygen atoms in total. The van der Waals surface area contributed by atoms with Gasteiger partial charge in [-0.15, -0.1) is 0 Å². The Balaban J connectivity index is 2.16. The number of rotatable bonds is 7. The summed E-state index contributed by atoms with van der Waals surface area (Å²) in [4.78, 5) is 12.1. The Morgan fingerprint density at radius 3 is 2.14 bits per heavy atom. The number of carbonyl (C=O) groups excluding carboxylic acids is 1. The third-order valence-electron chi connectivity index (χ3n) is 3.51. The van der Waals surface area contributed by atoms with Crippen molar-refractivity contribution in [3.63, 3.8) is 0 Å². The summed E-state index contributed by atoms with van der Waals surface area (Å²) in [6, 6.07) is 19.0. The standard InChI is InChI=1S/C18H21NO3/c1-21-17(15-11-7-4-8-12-15)16(18(20)22-2)19-13-14-9-5-3-6-10-14/h3-12,16-17,19H,13H2,1-2H3. The van der Waals surface area contributed by atoms with Crippen LogP contribution in [0.2, 0.25) is 0 Å². The van der Waals surface area contributed by atoms with Gasteiger partial charge in [-0.05, 0) is 11.1 Å². The average molecular weight is 299 g/mol. The van der Waals surface area contributed by atoms with Crippen LogP contribution in [-0.4, -0.2) is 26.2 Å². The Labute approximate surface area is 131 Å². The molecule has 2 aromatic carbocycles. The molecule has 0 aliphatic rings. The van der Waals surface area contributed by atoms with Gasteiger partial charge in [0.15, 0.2) is 0 Å². The van der Waals surface area contributed by atoms with E-state index in [1.54, 1.807) is 7.11 Å². The summed E-state index contributed by atoms with van der Waals surface area (Å²) >= 11 is 0. The lowest BCUT2D eigenvalue weighted by Crippen LogP contribution is -2.42. The fourth-order valence-electron chi connectivity index (χ4n) is 2.37. The molecule has 0 amide bonds. The van der Waals surface area contributed by atoms with Crippen LogP contribution >= 0.6 is 0 Å². The van der Waals surface area contributed by atoms with Crippen molar-refractivity contribution in [2.45, 2.75) is 18.7 Å². The summed E-state index contributed by atoms with van der Waals surface area (Å²) in [5.74, 6) is -0.341. The summed E-state index contributed by atoms with van der Waals surface area (Å²) in [5.41, 5.74) is 2.03. The molecule has 1 N–H and O–H groups in total. The third-order valence-corrected chi connectivity index (χ3v) is 3.51. The minimum atomic E-state index is -0.572. The van der Waals surface area contributed by atoms with Gasteiger partial charge in [-0.2, -0.15) is 0 Å². The van der Waals surface area contributed by atoms with Crippen LogP contribution in [0.1, 0.15) is 17.2 Å². The van der Waals surface area contributed by atoms with Gasteiger partial charge in [0.1, 0.15) is 12.1 Å². The second-order valence-corrected chi connectivity index (χ2v) is 4.93. The molecule has 116 valence electrons. The first-order valence-electron chi connectivity index (χ1n) is 7.19. The van der Waals surface area contributed by atoms with Gasteiger partial charge in [-0.1, -0.05) is 60.7 Å². The predicted molar refractivity (Wildman–Crippen MR) is 85.3 cm³/mol. The SMILES string of the molecule is COC(=O)C(NCc1ccccc1)C(OC)c1ccccc1. The van der Waals surface area contributed by atoms with E-state index in [-0.39, 0.29) is 5.97 Å². The van der Waals surface area contributed by atoms with E-state index in [2.05, 4.69) is 5.32 Å². The quantitative estimate of drug-likeness (QED) is 0.799. The van der Waals surface area contributed by atoms with Gasteiger partial charge in [-0.25, -0.2) is 0 Å². The van der Waals surface area contributed by atoms with Crippen LogP contribution in [-0.2, 0) is 20.8 Å². The molecule has 0 aliphatic heterocycles. The van der Waals surface area contributed by atoms with Gasteiger partial charge in [-0.3, -0.25) is 10.1 Å². The largest absolute Gasteiger partial charge is 0.468 e. The highest BCUT2D eigenvalue weighted by molar-refractivity contribution is 5.76. The molecule has 2 rings (SSSR count). The molecular weight excluding hydrogens is 278 g/mol. The molecule has 0 bridgehead atoms. The monoisotopic (exact) mass is 299 g/mol. The van der Waals surface area contributed by atoms with E-state index in [4.69, 9.17) is 9.47 Å². The summed E-state index contributed by atoms with van der Waals surface area (Å²) in [6.07, 6.45) is -0.405. The van der Waals surface area contributed by atoms with Crippen molar-refractivity contribution in [2.24, 2.45) is 0 Å². The van der Waals surface area contributed by atoms with Gasteiger partial charge in [0.05, 0.1) is 7.11 Å². The maximum absolute atomic E-state index is 12.1. The lowest BCUT2D eigenvalue weighted by Gasteiger charge is -2.25. The zero-order valence-electron chi connectivity index (χ0n) is 12.9. The van der Waals surface area contributed by atoms with Crippen LogP contribution < -0.4 is 5.32 Å². The molecule has 0 saturated carbocycles. The summed E-state index contributed by atoms with van der Waals surface area (Å²) in [7, 11) is 2.98. The predicted octanol–water partition coefficient (Wildman–Crippen LogP) is 2.71.